The van der Waals surface area contributed by atoms with Gasteiger partial charge in [-0.2, -0.15) is 0 Å². The number of carbonyl (C=O) groups is 3. The Kier molecular flexibility index (Phi) is 10.7. The predicted octanol–water partition coefficient (Wildman–Crippen LogP) is 5.51. The third-order valence-corrected chi connectivity index (χ3v) is 5.81. The zero-order valence-electron chi connectivity index (χ0n) is 22.8. The van der Waals surface area contributed by atoms with E-state index in [1.165, 1.54) is 4.90 Å². The van der Waals surface area contributed by atoms with Crippen molar-refractivity contribution in [2.24, 2.45) is 0 Å². The third kappa shape index (κ3) is 8.68. The van der Waals surface area contributed by atoms with Crippen LogP contribution in [0, 0.1) is 26.2 Å². The topological polar surface area (TPSA) is 87.7 Å². The highest BCUT2D eigenvalue weighted by atomic mass is 16.6. The highest BCUT2D eigenvalue weighted by Gasteiger charge is 2.33. The average Bonchev–Trinajstić information content (AvgIpc) is 2.83. The molecule has 0 saturated heterocycles. The summed E-state index contributed by atoms with van der Waals surface area (Å²) in [5, 5.41) is 5.56. The molecule has 0 radical (unpaired) electrons. The van der Waals surface area contributed by atoms with Gasteiger partial charge in [0.1, 0.15) is 18.2 Å². The fraction of sp³-hybridized carbons (Fsp3) is 0.433. The second-order valence-corrected chi connectivity index (χ2v) is 10.0. The Bertz CT molecular complexity index is 1120. The second kappa shape index (κ2) is 13.5. The van der Waals surface area contributed by atoms with Gasteiger partial charge in [0.15, 0.2) is 0 Å². The van der Waals surface area contributed by atoms with Gasteiger partial charge in [-0.05, 0) is 63.8 Å². The zero-order chi connectivity index (χ0) is 27.6. The van der Waals surface area contributed by atoms with Crippen molar-refractivity contribution in [3.05, 3.63) is 64.7 Å². The fourth-order valence-electron chi connectivity index (χ4n) is 4.01. The number of hydrogen-bond acceptors (Lipinski definition) is 4. The van der Waals surface area contributed by atoms with E-state index in [2.05, 4.69) is 23.5 Å². The Morgan fingerprint density at radius 1 is 1.03 bits per heavy atom. The minimum atomic E-state index is -0.990. The summed E-state index contributed by atoms with van der Waals surface area (Å²) in [5.74, 6) is 1.87. The molecule has 0 saturated carbocycles. The first-order valence-corrected chi connectivity index (χ1v) is 12.7. The van der Waals surface area contributed by atoms with E-state index in [-0.39, 0.29) is 12.5 Å². The molecular formula is C30H39N3O4. The molecule has 0 aromatic heterocycles. The number of terminal acetylenes is 1. The zero-order valence-corrected chi connectivity index (χ0v) is 22.8. The number of alkyl carbamates (subject to hydrolysis) is 1. The smallest absolute Gasteiger partial charge is 0.408 e. The molecule has 0 spiro atoms. The van der Waals surface area contributed by atoms with Crippen molar-refractivity contribution in [2.45, 2.75) is 72.4 Å². The fourth-order valence-corrected chi connectivity index (χ4v) is 4.01. The molecular weight excluding hydrogens is 466 g/mol. The lowest BCUT2D eigenvalue weighted by Crippen LogP contribution is -2.47. The predicted molar refractivity (Wildman–Crippen MR) is 147 cm³/mol. The first-order chi connectivity index (χ1) is 17.5. The van der Waals surface area contributed by atoms with Crippen LogP contribution in [-0.2, 0) is 14.3 Å². The summed E-state index contributed by atoms with van der Waals surface area (Å²) in [6, 6.07) is 11.9. The second-order valence-electron chi connectivity index (χ2n) is 10.0. The molecule has 0 aliphatic carbocycles. The summed E-state index contributed by atoms with van der Waals surface area (Å²) < 4.78 is 5.27. The lowest BCUT2D eigenvalue weighted by molar-refractivity contribution is -0.138. The maximum absolute atomic E-state index is 13.9. The number of anilines is 1. The minimum Gasteiger partial charge on any atom is -0.444 e. The van der Waals surface area contributed by atoms with E-state index >= 15 is 0 Å². The van der Waals surface area contributed by atoms with Crippen molar-refractivity contribution in [3.8, 4) is 12.3 Å². The molecule has 0 fully saturated rings. The number of amides is 3. The van der Waals surface area contributed by atoms with E-state index in [4.69, 9.17) is 11.2 Å². The molecule has 1 atom stereocenters. The van der Waals surface area contributed by atoms with Gasteiger partial charge in [-0.25, -0.2) is 4.79 Å². The van der Waals surface area contributed by atoms with Crippen LogP contribution in [0.25, 0.3) is 0 Å². The molecule has 2 aromatic carbocycles. The van der Waals surface area contributed by atoms with E-state index in [1.54, 1.807) is 45.0 Å². The van der Waals surface area contributed by atoms with Crippen LogP contribution in [-0.4, -0.2) is 41.5 Å². The lowest BCUT2D eigenvalue weighted by Gasteiger charge is -2.32. The van der Waals surface area contributed by atoms with Crippen LogP contribution in [0.2, 0.25) is 0 Å². The first-order valence-electron chi connectivity index (χ1n) is 12.7. The highest BCUT2D eigenvalue weighted by molar-refractivity contribution is 5.99. The Hall–Kier alpha value is -3.79. The van der Waals surface area contributed by atoms with E-state index in [0.717, 1.165) is 24.0 Å². The largest absolute Gasteiger partial charge is 0.444 e. The maximum atomic E-state index is 13.9. The summed E-state index contributed by atoms with van der Waals surface area (Å²) in [6.07, 6.45) is 7.60. The monoisotopic (exact) mass is 505 g/mol. The highest BCUT2D eigenvalue weighted by Crippen LogP contribution is 2.28. The van der Waals surface area contributed by atoms with Crippen molar-refractivity contribution in [3.63, 3.8) is 0 Å². The van der Waals surface area contributed by atoms with Crippen molar-refractivity contribution in [1.82, 2.24) is 10.2 Å². The van der Waals surface area contributed by atoms with Crippen LogP contribution in [0.5, 0.6) is 0 Å². The Balaban J connectivity index is 2.47. The van der Waals surface area contributed by atoms with Gasteiger partial charge >= 0.3 is 6.09 Å². The Morgan fingerprint density at radius 2 is 1.68 bits per heavy atom. The van der Waals surface area contributed by atoms with E-state index in [1.807, 2.05) is 32.0 Å². The van der Waals surface area contributed by atoms with Crippen LogP contribution in [0.1, 0.15) is 75.3 Å². The molecule has 0 aliphatic heterocycles. The maximum Gasteiger partial charge on any atom is 0.408 e. The number of aryl methyl sites for hydroxylation is 2. The van der Waals surface area contributed by atoms with Gasteiger partial charge in [0.25, 0.3) is 5.91 Å². The third-order valence-electron chi connectivity index (χ3n) is 5.81. The summed E-state index contributed by atoms with van der Waals surface area (Å²) in [5.41, 5.74) is 2.89. The molecule has 0 heterocycles. The van der Waals surface area contributed by atoms with Crippen LogP contribution < -0.4 is 10.6 Å². The number of ether oxygens (including phenoxy) is 1. The normalized spacial score (nSPS) is 11.7. The summed E-state index contributed by atoms with van der Waals surface area (Å²) in [7, 11) is 0. The van der Waals surface area contributed by atoms with Gasteiger partial charge in [-0.3, -0.25) is 9.59 Å². The number of carbonyl (C=O) groups excluding carboxylic acids is 3. The standard InChI is InChI=1S/C30H39N3O4/c1-8-10-13-19-33(25(34)20-31-29(36)37-30(5,6)7)27(24-18-12-11-17-23(24)9-2)28(35)32-26-21(3)15-14-16-22(26)4/h2,11-12,14-18,27H,8,10,13,19-20H2,1,3-7H3,(H,31,36)(H,32,35). The van der Waals surface area contributed by atoms with Gasteiger partial charge in [-0.15, -0.1) is 6.42 Å². The van der Waals surface area contributed by atoms with E-state index in [9.17, 15) is 14.4 Å². The molecule has 2 N–H and O–H groups in total. The molecule has 3 amide bonds. The molecule has 7 heteroatoms. The number of para-hydroxylation sites is 1. The average molecular weight is 506 g/mol. The lowest BCUT2D eigenvalue weighted by atomic mass is 9.97. The molecule has 1 unspecified atom stereocenters. The summed E-state index contributed by atoms with van der Waals surface area (Å²) >= 11 is 0. The van der Waals surface area contributed by atoms with Crippen molar-refractivity contribution in [2.75, 3.05) is 18.4 Å². The number of hydrogen-bond donors (Lipinski definition) is 2. The van der Waals surface area contributed by atoms with Crippen LogP contribution in [0.15, 0.2) is 42.5 Å². The minimum absolute atomic E-state index is 0.313. The van der Waals surface area contributed by atoms with Gasteiger partial charge < -0.3 is 20.3 Å². The Morgan fingerprint density at radius 3 is 2.27 bits per heavy atom. The molecule has 198 valence electrons. The number of unbranched alkanes of at least 4 members (excludes halogenated alkanes) is 2. The van der Waals surface area contributed by atoms with Crippen LogP contribution in [0.3, 0.4) is 0 Å². The van der Waals surface area contributed by atoms with Gasteiger partial charge in [-0.1, -0.05) is 62.1 Å². The molecule has 2 aromatic rings. The molecule has 0 bridgehead atoms. The molecule has 37 heavy (non-hydrogen) atoms. The molecule has 2 rings (SSSR count). The van der Waals surface area contributed by atoms with Crippen LogP contribution >= 0.6 is 0 Å². The van der Waals surface area contributed by atoms with E-state index < -0.39 is 23.6 Å². The quantitative estimate of drug-likeness (QED) is 0.329. The number of nitrogens with zero attached hydrogens (tertiary/aromatic N) is 1. The number of nitrogens with one attached hydrogen (secondary N) is 2. The Labute approximate surface area is 221 Å². The van der Waals surface area contributed by atoms with Crippen molar-refractivity contribution < 1.29 is 19.1 Å². The van der Waals surface area contributed by atoms with Gasteiger partial charge in [0.2, 0.25) is 5.91 Å². The summed E-state index contributed by atoms with van der Waals surface area (Å²) in [4.78, 5) is 41.2. The molecule has 7 nitrogen and oxygen atoms in total. The van der Waals surface area contributed by atoms with Crippen molar-refractivity contribution in [1.29, 1.82) is 0 Å². The summed E-state index contributed by atoms with van der Waals surface area (Å²) in [6.45, 7) is 11.2. The SMILES string of the molecule is C#Cc1ccccc1C(C(=O)Nc1c(C)cccc1C)N(CCCCC)C(=O)CNC(=O)OC(C)(C)C. The van der Waals surface area contributed by atoms with E-state index in [0.29, 0.717) is 29.8 Å². The van der Waals surface area contributed by atoms with Crippen LogP contribution in [0.4, 0.5) is 10.5 Å². The van der Waals surface area contributed by atoms with Crippen molar-refractivity contribution >= 4 is 23.6 Å². The number of rotatable bonds is 10. The van der Waals surface area contributed by atoms with Gasteiger partial charge in [0, 0.05) is 17.8 Å². The van der Waals surface area contributed by atoms with Gasteiger partial charge in [0.05, 0.1) is 0 Å². The molecule has 0 aliphatic rings. The first kappa shape index (κ1) is 29.4. The number of benzene rings is 2.